The summed E-state index contributed by atoms with van der Waals surface area (Å²) in [7, 11) is 0. The van der Waals surface area contributed by atoms with E-state index in [-0.39, 0.29) is 27.1 Å². The zero-order chi connectivity index (χ0) is 15.6. The van der Waals surface area contributed by atoms with Crippen molar-refractivity contribution < 1.29 is 19.8 Å². The number of benzene rings is 1. The molecule has 8 heteroatoms. The average molecular weight is 327 g/mol. The Balaban J connectivity index is 2.20. The minimum absolute atomic E-state index is 0.0491. The number of aromatic carboxylic acids is 1. The molecule has 0 saturated heterocycles. The first-order valence-electron chi connectivity index (χ1n) is 5.57. The lowest BCUT2D eigenvalue weighted by Crippen LogP contribution is -2.12. The number of aromatic hydroxyl groups is 1. The van der Waals surface area contributed by atoms with Gasteiger partial charge in [-0.1, -0.05) is 23.2 Å². The zero-order valence-corrected chi connectivity index (χ0v) is 11.8. The maximum absolute atomic E-state index is 12.0. The Morgan fingerprint density at radius 2 is 1.76 bits per heavy atom. The van der Waals surface area contributed by atoms with Gasteiger partial charge in [0.05, 0.1) is 21.9 Å². The maximum atomic E-state index is 12.0. The van der Waals surface area contributed by atoms with Gasteiger partial charge in [-0.25, -0.2) is 9.78 Å². The molecular formula is C13H8Cl2N2O4. The van der Waals surface area contributed by atoms with E-state index >= 15 is 0 Å². The van der Waals surface area contributed by atoms with Crippen LogP contribution in [0.15, 0.2) is 30.5 Å². The number of phenolic OH excluding ortho intramolecular Hbond substituents is 1. The second kappa shape index (κ2) is 5.99. The first kappa shape index (κ1) is 15.1. The number of hydrogen-bond acceptors (Lipinski definition) is 4. The molecule has 1 heterocycles. The Kier molecular flexibility index (Phi) is 4.30. The standard InChI is InChI=1S/C13H8Cl2N2O4/c14-8-3-6(4-9(15)11(8)18)12(19)17-7-1-2-10(13(20)21)16-5-7/h1-5,18H,(H,17,19)(H,20,21). The third-order valence-electron chi connectivity index (χ3n) is 2.52. The predicted molar refractivity (Wildman–Crippen MR) is 77.3 cm³/mol. The van der Waals surface area contributed by atoms with E-state index in [9.17, 15) is 14.7 Å². The van der Waals surface area contributed by atoms with Crippen LogP contribution in [0.25, 0.3) is 0 Å². The lowest BCUT2D eigenvalue weighted by molar-refractivity contribution is 0.0690. The molecule has 0 unspecified atom stereocenters. The van der Waals surface area contributed by atoms with Crippen molar-refractivity contribution in [3.63, 3.8) is 0 Å². The molecule has 3 N–H and O–H groups in total. The van der Waals surface area contributed by atoms with Gasteiger partial charge in [0.15, 0.2) is 5.75 Å². The number of nitrogens with one attached hydrogen (secondary N) is 1. The normalized spacial score (nSPS) is 10.2. The fourth-order valence-corrected chi connectivity index (χ4v) is 1.98. The molecule has 108 valence electrons. The predicted octanol–water partition coefficient (Wildman–Crippen LogP) is 3.04. The van der Waals surface area contributed by atoms with Crippen LogP contribution >= 0.6 is 23.2 Å². The molecule has 0 atom stereocenters. The number of pyridine rings is 1. The first-order valence-corrected chi connectivity index (χ1v) is 6.33. The lowest BCUT2D eigenvalue weighted by Gasteiger charge is -2.07. The Bertz CT molecular complexity index is 694. The fourth-order valence-electron chi connectivity index (χ4n) is 1.49. The van der Waals surface area contributed by atoms with E-state index in [4.69, 9.17) is 28.3 Å². The Hall–Kier alpha value is -2.31. The van der Waals surface area contributed by atoms with Crippen molar-refractivity contribution in [1.29, 1.82) is 0 Å². The molecule has 0 radical (unpaired) electrons. The van der Waals surface area contributed by atoms with Crippen LogP contribution in [0, 0.1) is 0 Å². The van der Waals surface area contributed by atoms with Crippen molar-refractivity contribution in [2.75, 3.05) is 5.32 Å². The molecule has 0 bridgehead atoms. The summed E-state index contributed by atoms with van der Waals surface area (Å²) in [6.07, 6.45) is 1.21. The number of carbonyl (C=O) groups excluding carboxylic acids is 1. The molecular weight excluding hydrogens is 319 g/mol. The largest absolute Gasteiger partial charge is 0.505 e. The molecule has 2 rings (SSSR count). The van der Waals surface area contributed by atoms with Crippen molar-refractivity contribution >= 4 is 40.8 Å². The van der Waals surface area contributed by atoms with Crippen LogP contribution in [0.4, 0.5) is 5.69 Å². The average Bonchev–Trinajstić information content (AvgIpc) is 2.44. The smallest absolute Gasteiger partial charge is 0.354 e. The molecule has 21 heavy (non-hydrogen) atoms. The summed E-state index contributed by atoms with van der Waals surface area (Å²) in [5, 5.41) is 20.6. The van der Waals surface area contributed by atoms with Crippen LogP contribution in [0.5, 0.6) is 5.75 Å². The fraction of sp³-hybridized carbons (Fsp3) is 0. The number of amides is 1. The van der Waals surface area contributed by atoms with Gasteiger partial charge in [0.1, 0.15) is 5.69 Å². The highest BCUT2D eigenvalue weighted by molar-refractivity contribution is 6.37. The van der Waals surface area contributed by atoms with E-state index in [2.05, 4.69) is 10.3 Å². The van der Waals surface area contributed by atoms with Crippen molar-refractivity contribution in [1.82, 2.24) is 4.98 Å². The molecule has 6 nitrogen and oxygen atoms in total. The molecule has 1 aromatic carbocycles. The van der Waals surface area contributed by atoms with Crippen LogP contribution in [0.2, 0.25) is 10.0 Å². The number of carboxylic acids is 1. The molecule has 1 aromatic heterocycles. The Morgan fingerprint density at radius 3 is 2.24 bits per heavy atom. The van der Waals surface area contributed by atoms with E-state index in [0.29, 0.717) is 5.69 Å². The van der Waals surface area contributed by atoms with Crippen LogP contribution < -0.4 is 5.32 Å². The van der Waals surface area contributed by atoms with E-state index in [1.54, 1.807) is 0 Å². The van der Waals surface area contributed by atoms with Crippen molar-refractivity contribution in [2.24, 2.45) is 0 Å². The van der Waals surface area contributed by atoms with Crippen molar-refractivity contribution in [3.05, 3.63) is 51.8 Å². The second-order valence-electron chi connectivity index (χ2n) is 3.98. The van der Waals surface area contributed by atoms with Gasteiger partial charge >= 0.3 is 5.97 Å². The van der Waals surface area contributed by atoms with Gasteiger partial charge in [-0.2, -0.15) is 0 Å². The monoisotopic (exact) mass is 326 g/mol. The summed E-state index contributed by atoms with van der Waals surface area (Å²) in [6, 6.07) is 5.18. The number of carboxylic acid groups (broad SMARTS) is 1. The molecule has 0 fully saturated rings. The van der Waals surface area contributed by atoms with Crippen LogP contribution in [-0.4, -0.2) is 27.1 Å². The highest BCUT2D eigenvalue weighted by Crippen LogP contribution is 2.32. The highest BCUT2D eigenvalue weighted by Gasteiger charge is 2.13. The first-order chi connectivity index (χ1) is 9.88. The molecule has 0 aliphatic carbocycles. The number of aromatic nitrogens is 1. The molecule has 2 aromatic rings. The Labute approximate surface area is 129 Å². The number of anilines is 1. The van der Waals surface area contributed by atoms with Gasteiger partial charge in [0, 0.05) is 5.56 Å². The Morgan fingerprint density at radius 1 is 1.14 bits per heavy atom. The molecule has 0 aliphatic heterocycles. The van der Waals surface area contributed by atoms with Gasteiger partial charge in [0.25, 0.3) is 5.91 Å². The topological polar surface area (TPSA) is 99.5 Å². The van der Waals surface area contributed by atoms with Gasteiger partial charge in [-0.05, 0) is 24.3 Å². The van der Waals surface area contributed by atoms with Gasteiger partial charge in [-0.3, -0.25) is 4.79 Å². The van der Waals surface area contributed by atoms with E-state index in [1.807, 2.05) is 0 Å². The second-order valence-corrected chi connectivity index (χ2v) is 4.79. The van der Waals surface area contributed by atoms with Crippen LogP contribution in [0.1, 0.15) is 20.8 Å². The number of nitrogens with zero attached hydrogens (tertiary/aromatic N) is 1. The number of halogens is 2. The third-order valence-corrected chi connectivity index (χ3v) is 3.10. The van der Waals surface area contributed by atoms with Crippen LogP contribution in [0.3, 0.4) is 0 Å². The summed E-state index contributed by atoms with van der Waals surface area (Å²) in [5.41, 5.74) is 0.319. The minimum atomic E-state index is -1.16. The molecule has 0 aliphatic rings. The number of phenols is 1. The van der Waals surface area contributed by atoms with Crippen molar-refractivity contribution in [2.45, 2.75) is 0 Å². The summed E-state index contributed by atoms with van der Waals surface area (Å²) in [5.74, 6) is -1.99. The number of carbonyl (C=O) groups is 2. The van der Waals surface area contributed by atoms with Crippen molar-refractivity contribution in [3.8, 4) is 5.75 Å². The third kappa shape index (κ3) is 3.42. The molecule has 1 amide bonds. The van der Waals surface area contributed by atoms with E-state index in [1.165, 1.54) is 30.5 Å². The molecule has 0 spiro atoms. The minimum Gasteiger partial charge on any atom is -0.505 e. The summed E-state index contributed by atoms with van der Waals surface area (Å²) < 4.78 is 0. The van der Waals surface area contributed by atoms with E-state index in [0.717, 1.165) is 0 Å². The lowest BCUT2D eigenvalue weighted by atomic mass is 10.2. The number of hydrogen-bond donors (Lipinski definition) is 3. The van der Waals surface area contributed by atoms with Crippen LogP contribution in [-0.2, 0) is 0 Å². The zero-order valence-electron chi connectivity index (χ0n) is 10.3. The maximum Gasteiger partial charge on any atom is 0.354 e. The summed E-state index contributed by atoms with van der Waals surface area (Å²) in [6.45, 7) is 0. The van der Waals surface area contributed by atoms with E-state index < -0.39 is 11.9 Å². The highest BCUT2D eigenvalue weighted by atomic mass is 35.5. The summed E-state index contributed by atoms with van der Waals surface area (Å²) in [4.78, 5) is 26.3. The summed E-state index contributed by atoms with van der Waals surface area (Å²) >= 11 is 11.5. The quantitative estimate of drug-likeness (QED) is 0.804. The SMILES string of the molecule is O=C(Nc1ccc(C(=O)O)nc1)c1cc(Cl)c(O)c(Cl)c1. The number of rotatable bonds is 3. The molecule has 0 saturated carbocycles. The van der Waals surface area contributed by atoms with Gasteiger partial charge in [-0.15, -0.1) is 0 Å². The van der Waals surface area contributed by atoms with Gasteiger partial charge in [0.2, 0.25) is 0 Å². The van der Waals surface area contributed by atoms with Gasteiger partial charge < -0.3 is 15.5 Å².